The van der Waals surface area contributed by atoms with Crippen molar-refractivity contribution >= 4 is 5.82 Å². The van der Waals surface area contributed by atoms with Crippen LogP contribution in [0.4, 0.5) is 10.2 Å². The Kier molecular flexibility index (Phi) is 4.04. The fourth-order valence-corrected chi connectivity index (χ4v) is 1.84. The second-order valence-corrected chi connectivity index (χ2v) is 4.66. The van der Waals surface area contributed by atoms with Crippen molar-refractivity contribution in [2.45, 2.75) is 13.3 Å². The molecule has 0 saturated heterocycles. The highest BCUT2D eigenvalue weighted by atomic mass is 19.1. The van der Waals surface area contributed by atoms with Gasteiger partial charge in [0.05, 0.1) is 0 Å². The number of hydrogen-bond acceptors (Lipinski definition) is 6. The highest BCUT2D eigenvalue weighted by Crippen LogP contribution is 2.21. The van der Waals surface area contributed by atoms with Gasteiger partial charge in [-0.1, -0.05) is 12.1 Å². The Hall–Kier alpha value is -2.83. The predicted octanol–water partition coefficient (Wildman–Crippen LogP) is 3.15. The number of nitrogens with zero attached hydrogens (tertiary/aromatic N) is 4. The minimum absolute atomic E-state index is 0.272. The van der Waals surface area contributed by atoms with Crippen LogP contribution >= 0.6 is 0 Å². The van der Waals surface area contributed by atoms with Crippen molar-refractivity contribution in [1.29, 1.82) is 0 Å². The van der Waals surface area contributed by atoms with E-state index in [4.69, 9.17) is 4.52 Å². The summed E-state index contributed by atoms with van der Waals surface area (Å²) in [7, 11) is 0. The van der Waals surface area contributed by atoms with Crippen molar-refractivity contribution in [2.75, 3.05) is 11.9 Å². The van der Waals surface area contributed by atoms with Gasteiger partial charge < -0.3 is 9.84 Å². The maximum absolute atomic E-state index is 12.9. The molecule has 0 atom stereocenters. The van der Waals surface area contributed by atoms with E-state index < -0.39 is 0 Å². The maximum atomic E-state index is 12.9. The van der Waals surface area contributed by atoms with Gasteiger partial charge in [-0.25, -0.2) is 4.39 Å². The van der Waals surface area contributed by atoms with Gasteiger partial charge in [0.15, 0.2) is 5.69 Å². The first kappa shape index (κ1) is 14.1. The minimum atomic E-state index is -0.312. The summed E-state index contributed by atoms with van der Waals surface area (Å²) in [4.78, 5) is 4.25. The first-order valence-electron chi connectivity index (χ1n) is 6.94. The van der Waals surface area contributed by atoms with E-state index in [1.54, 1.807) is 24.3 Å². The molecular weight excluding hydrogens is 285 g/mol. The van der Waals surface area contributed by atoms with E-state index in [0.717, 1.165) is 13.0 Å². The molecule has 0 radical (unpaired) electrons. The largest absolute Gasteiger partial charge is 0.369 e. The van der Waals surface area contributed by atoms with Gasteiger partial charge in [0.2, 0.25) is 5.82 Å². The molecule has 2 heterocycles. The summed E-state index contributed by atoms with van der Waals surface area (Å²) in [6.45, 7) is 2.91. The van der Waals surface area contributed by atoms with Gasteiger partial charge in [0, 0.05) is 12.1 Å². The third kappa shape index (κ3) is 3.08. The van der Waals surface area contributed by atoms with Crippen LogP contribution in [-0.4, -0.2) is 26.9 Å². The number of hydrogen-bond donors (Lipinski definition) is 1. The molecule has 0 aliphatic carbocycles. The number of aromatic nitrogens is 4. The van der Waals surface area contributed by atoms with E-state index in [1.165, 1.54) is 12.1 Å². The summed E-state index contributed by atoms with van der Waals surface area (Å²) in [5.41, 5.74) is 1.16. The molecule has 3 aromatic rings. The number of anilines is 1. The zero-order valence-corrected chi connectivity index (χ0v) is 12.0. The Labute approximate surface area is 126 Å². The predicted molar refractivity (Wildman–Crippen MR) is 79.5 cm³/mol. The number of rotatable bonds is 5. The molecule has 0 aliphatic heterocycles. The molecular formula is C15H14FN5O. The minimum Gasteiger partial charge on any atom is -0.369 e. The average molecular weight is 299 g/mol. The normalized spacial score (nSPS) is 10.6. The monoisotopic (exact) mass is 299 g/mol. The van der Waals surface area contributed by atoms with Crippen LogP contribution in [0.25, 0.3) is 23.0 Å². The van der Waals surface area contributed by atoms with Gasteiger partial charge in [0.25, 0.3) is 5.89 Å². The lowest BCUT2D eigenvalue weighted by Crippen LogP contribution is -2.02. The lowest BCUT2D eigenvalue weighted by molar-refractivity contribution is 0.430. The van der Waals surface area contributed by atoms with Gasteiger partial charge >= 0.3 is 0 Å². The molecule has 2 aromatic heterocycles. The fourth-order valence-electron chi connectivity index (χ4n) is 1.84. The number of benzene rings is 1. The summed E-state index contributed by atoms with van der Waals surface area (Å²) in [5.74, 6) is 1.04. The molecule has 0 saturated carbocycles. The quantitative estimate of drug-likeness (QED) is 0.780. The Balaban J connectivity index is 1.79. The summed E-state index contributed by atoms with van der Waals surface area (Å²) < 4.78 is 18.1. The number of nitrogens with one attached hydrogen (secondary N) is 1. The van der Waals surface area contributed by atoms with Gasteiger partial charge in [-0.2, -0.15) is 4.98 Å². The van der Waals surface area contributed by atoms with E-state index in [-0.39, 0.29) is 11.7 Å². The zero-order valence-electron chi connectivity index (χ0n) is 12.0. The molecule has 0 fully saturated rings. The molecule has 112 valence electrons. The average Bonchev–Trinajstić information content (AvgIpc) is 3.04. The molecule has 22 heavy (non-hydrogen) atoms. The van der Waals surface area contributed by atoms with E-state index in [2.05, 4.69) is 32.6 Å². The third-order valence-electron chi connectivity index (χ3n) is 2.97. The molecule has 0 amide bonds. The lowest BCUT2D eigenvalue weighted by Gasteiger charge is -2.01. The smallest absolute Gasteiger partial charge is 0.278 e. The Bertz CT molecular complexity index is 739. The summed E-state index contributed by atoms with van der Waals surface area (Å²) >= 11 is 0. The molecule has 1 aromatic carbocycles. The van der Waals surface area contributed by atoms with Crippen molar-refractivity contribution in [3.8, 4) is 23.0 Å². The highest BCUT2D eigenvalue weighted by Gasteiger charge is 2.12. The van der Waals surface area contributed by atoms with Crippen LogP contribution in [0.3, 0.4) is 0 Å². The Morgan fingerprint density at radius 2 is 1.91 bits per heavy atom. The topological polar surface area (TPSA) is 76.7 Å². The number of halogens is 1. The lowest BCUT2D eigenvalue weighted by atomic mass is 10.2. The molecule has 0 spiro atoms. The summed E-state index contributed by atoms with van der Waals surface area (Å²) in [6, 6.07) is 9.44. The van der Waals surface area contributed by atoms with Crippen LogP contribution in [-0.2, 0) is 0 Å². The van der Waals surface area contributed by atoms with Crippen LogP contribution in [0.1, 0.15) is 13.3 Å². The van der Waals surface area contributed by atoms with E-state index in [9.17, 15) is 4.39 Å². The first-order chi connectivity index (χ1) is 10.8. The second-order valence-electron chi connectivity index (χ2n) is 4.66. The van der Waals surface area contributed by atoms with Crippen LogP contribution in [0.15, 0.2) is 40.9 Å². The summed E-state index contributed by atoms with van der Waals surface area (Å²) in [5, 5.41) is 15.1. The van der Waals surface area contributed by atoms with E-state index in [0.29, 0.717) is 22.9 Å². The molecule has 3 rings (SSSR count). The molecule has 0 unspecified atom stereocenters. The molecule has 6 nitrogen and oxygen atoms in total. The second kappa shape index (κ2) is 6.30. The molecule has 1 N–H and O–H groups in total. The fraction of sp³-hybridized carbons (Fsp3) is 0.200. The first-order valence-corrected chi connectivity index (χ1v) is 6.94. The molecule has 7 heteroatoms. The van der Waals surface area contributed by atoms with Crippen LogP contribution in [0.2, 0.25) is 0 Å². The van der Waals surface area contributed by atoms with Gasteiger partial charge in [-0.15, -0.1) is 10.2 Å². The van der Waals surface area contributed by atoms with Gasteiger partial charge in [-0.3, -0.25) is 0 Å². The van der Waals surface area contributed by atoms with Crippen molar-refractivity contribution in [3.05, 3.63) is 42.2 Å². The van der Waals surface area contributed by atoms with Gasteiger partial charge in [-0.05, 0) is 42.8 Å². The van der Waals surface area contributed by atoms with Crippen molar-refractivity contribution in [2.24, 2.45) is 0 Å². The third-order valence-corrected chi connectivity index (χ3v) is 2.97. The van der Waals surface area contributed by atoms with Crippen LogP contribution in [0, 0.1) is 5.82 Å². The van der Waals surface area contributed by atoms with Crippen molar-refractivity contribution in [3.63, 3.8) is 0 Å². The van der Waals surface area contributed by atoms with Crippen molar-refractivity contribution < 1.29 is 8.91 Å². The Morgan fingerprint density at radius 3 is 2.59 bits per heavy atom. The summed E-state index contributed by atoms with van der Waals surface area (Å²) in [6.07, 6.45) is 1.01. The van der Waals surface area contributed by atoms with Gasteiger partial charge in [0.1, 0.15) is 11.6 Å². The molecule has 0 aliphatic rings. The van der Waals surface area contributed by atoms with Crippen molar-refractivity contribution in [1.82, 2.24) is 20.3 Å². The highest BCUT2D eigenvalue weighted by molar-refractivity contribution is 5.57. The standard InChI is InChI=1S/C15H14FN5O/c1-2-9-17-13-8-7-12(19-20-13)15-18-14(21-22-15)10-3-5-11(16)6-4-10/h3-8H,2,9H2,1H3,(H,17,20). The van der Waals surface area contributed by atoms with Crippen LogP contribution in [0.5, 0.6) is 0 Å². The van der Waals surface area contributed by atoms with E-state index in [1.807, 2.05) is 0 Å². The maximum Gasteiger partial charge on any atom is 0.278 e. The van der Waals surface area contributed by atoms with E-state index >= 15 is 0 Å². The zero-order chi connectivity index (χ0) is 15.4. The van der Waals surface area contributed by atoms with Crippen LogP contribution < -0.4 is 5.32 Å². The SMILES string of the molecule is CCCNc1ccc(-c2nc(-c3ccc(F)cc3)no2)nn1. The molecule has 0 bridgehead atoms. The Morgan fingerprint density at radius 1 is 1.09 bits per heavy atom.